The van der Waals surface area contributed by atoms with Crippen LogP contribution in [-0.4, -0.2) is 28.8 Å². The minimum absolute atomic E-state index is 0.0980. The molecule has 0 spiro atoms. The summed E-state index contributed by atoms with van der Waals surface area (Å²) < 4.78 is 20.2. The zero-order valence-corrected chi connectivity index (χ0v) is 18.5. The minimum atomic E-state index is -0.928. The molecule has 31 heavy (non-hydrogen) atoms. The van der Waals surface area contributed by atoms with Crippen molar-refractivity contribution < 1.29 is 23.5 Å². The monoisotopic (exact) mass is 428 g/mol. The second kappa shape index (κ2) is 9.45. The first-order valence-corrected chi connectivity index (χ1v) is 10.7. The van der Waals surface area contributed by atoms with Crippen LogP contribution >= 0.6 is 0 Å². The van der Waals surface area contributed by atoms with Gasteiger partial charge in [-0.2, -0.15) is 0 Å². The molecule has 1 N–H and O–H groups in total. The zero-order valence-electron chi connectivity index (χ0n) is 18.5. The first-order valence-electron chi connectivity index (χ1n) is 10.7. The molecule has 166 valence electrons. The molecule has 0 aliphatic heterocycles. The van der Waals surface area contributed by atoms with E-state index in [9.17, 15) is 18.8 Å². The van der Waals surface area contributed by atoms with Crippen molar-refractivity contribution in [1.29, 1.82) is 0 Å². The number of amides is 1. The van der Waals surface area contributed by atoms with Gasteiger partial charge in [0.2, 0.25) is 0 Å². The molecule has 1 aromatic carbocycles. The zero-order chi connectivity index (χ0) is 22.7. The Morgan fingerprint density at radius 3 is 2.45 bits per heavy atom. The van der Waals surface area contributed by atoms with Crippen LogP contribution in [0.4, 0.5) is 10.1 Å². The summed E-state index contributed by atoms with van der Waals surface area (Å²) >= 11 is 0. The maximum absolute atomic E-state index is 13.6. The van der Waals surface area contributed by atoms with Crippen LogP contribution in [0.1, 0.15) is 82.6 Å². The Balaban J connectivity index is 2.06. The average molecular weight is 429 g/mol. The summed E-state index contributed by atoms with van der Waals surface area (Å²) in [6.07, 6.45) is 5.08. The highest BCUT2D eigenvalue weighted by molar-refractivity contribution is 6.40. The fourth-order valence-electron chi connectivity index (χ4n) is 4.52. The molecule has 3 rings (SSSR count). The molecule has 1 amide bonds. The molecule has 1 aliphatic carbocycles. The molecule has 0 radical (unpaired) electrons. The second-order valence-electron chi connectivity index (χ2n) is 8.10. The van der Waals surface area contributed by atoms with Crippen molar-refractivity contribution >= 4 is 23.3 Å². The van der Waals surface area contributed by atoms with Gasteiger partial charge in [0.25, 0.3) is 11.7 Å². The van der Waals surface area contributed by atoms with Crippen LogP contribution in [0.3, 0.4) is 0 Å². The number of nitrogens with one attached hydrogen (secondary N) is 1. The Bertz CT molecular complexity index is 1020. The smallest absolute Gasteiger partial charge is 0.381 e. The third-order valence-electron chi connectivity index (χ3n) is 5.99. The van der Waals surface area contributed by atoms with E-state index in [2.05, 4.69) is 5.32 Å². The normalized spacial score (nSPS) is 14.4. The number of hydrogen-bond donors (Lipinski definition) is 1. The molecule has 1 saturated carbocycles. The van der Waals surface area contributed by atoms with Crippen molar-refractivity contribution in [1.82, 2.24) is 4.57 Å². The number of nitrogens with zero attached hydrogens (tertiary/aromatic N) is 1. The number of aromatic nitrogens is 1. The number of ketones is 1. The van der Waals surface area contributed by atoms with E-state index in [4.69, 9.17) is 4.74 Å². The van der Waals surface area contributed by atoms with Gasteiger partial charge in [0, 0.05) is 24.3 Å². The van der Waals surface area contributed by atoms with E-state index in [0.717, 1.165) is 37.8 Å². The first kappa shape index (κ1) is 22.7. The van der Waals surface area contributed by atoms with Crippen LogP contribution in [0, 0.1) is 19.7 Å². The lowest BCUT2D eigenvalue weighted by atomic mass is 9.85. The summed E-state index contributed by atoms with van der Waals surface area (Å²) in [7, 11) is 1.72. The number of hydrogen-bond acceptors (Lipinski definition) is 4. The van der Waals surface area contributed by atoms with Crippen LogP contribution in [-0.2, 0) is 16.6 Å². The molecule has 0 bridgehead atoms. The van der Waals surface area contributed by atoms with Gasteiger partial charge in [-0.1, -0.05) is 19.3 Å². The number of esters is 1. The number of benzene rings is 1. The molecule has 0 unspecified atom stereocenters. The summed E-state index contributed by atoms with van der Waals surface area (Å²) in [5, 5.41) is 2.83. The Hall–Kier alpha value is -2.96. The SMILES string of the molecule is CCOC(=O)C(=O)c1c(C)c(C(=O)Nc2ccc(F)c(C)c2)c(C2CCCCC2)n1C. The summed E-state index contributed by atoms with van der Waals surface area (Å²) in [4.78, 5) is 38.3. The number of Topliss-reactive ketones (excluding diaryl/α,β-unsaturated/α-hetero) is 1. The molecular weight excluding hydrogens is 399 g/mol. The summed E-state index contributed by atoms with van der Waals surface area (Å²) in [6.45, 7) is 5.05. The minimum Gasteiger partial charge on any atom is -0.460 e. The lowest BCUT2D eigenvalue weighted by Crippen LogP contribution is -2.22. The maximum Gasteiger partial charge on any atom is 0.381 e. The molecule has 1 fully saturated rings. The predicted molar refractivity (Wildman–Crippen MR) is 116 cm³/mol. The van der Waals surface area contributed by atoms with Gasteiger partial charge in [-0.25, -0.2) is 9.18 Å². The van der Waals surface area contributed by atoms with Gasteiger partial charge in [0.05, 0.1) is 12.2 Å². The van der Waals surface area contributed by atoms with Crippen LogP contribution < -0.4 is 5.32 Å². The lowest BCUT2D eigenvalue weighted by Gasteiger charge is -2.24. The topological polar surface area (TPSA) is 77.4 Å². The Morgan fingerprint density at radius 1 is 1.16 bits per heavy atom. The standard InChI is InChI=1S/C24H29FN2O4/c1-5-31-24(30)22(28)20-15(3)19(21(27(20)4)16-9-7-6-8-10-16)23(29)26-17-11-12-18(25)14(2)13-17/h11-13,16H,5-10H2,1-4H3,(H,26,29). The van der Waals surface area contributed by atoms with E-state index in [1.54, 1.807) is 38.5 Å². The molecule has 7 heteroatoms. The fourth-order valence-corrected chi connectivity index (χ4v) is 4.52. The number of anilines is 1. The van der Waals surface area contributed by atoms with Crippen molar-refractivity contribution in [2.45, 2.75) is 58.8 Å². The fraction of sp³-hybridized carbons (Fsp3) is 0.458. The van der Waals surface area contributed by atoms with E-state index >= 15 is 0 Å². The van der Waals surface area contributed by atoms with Crippen molar-refractivity contribution in [3.05, 3.63) is 52.1 Å². The quantitative estimate of drug-likeness (QED) is 0.406. The van der Waals surface area contributed by atoms with E-state index in [1.165, 1.54) is 12.1 Å². The largest absolute Gasteiger partial charge is 0.460 e. The van der Waals surface area contributed by atoms with Crippen molar-refractivity contribution in [3.8, 4) is 0 Å². The molecular formula is C24H29FN2O4. The highest BCUT2D eigenvalue weighted by atomic mass is 19.1. The number of rotatable bonds is 6. The van der Waals surface area contributed by atoms with E-state index in [0.29, 0.717) is 22.4 Å². The lowest BCUT2D eigenvalue weighted by molar-refractivity contribution is -0.137. The number of halogens is 1. The molecule has 0 saturated heterocycles. The Morgan fingerprint density at radius 2 is 1.84 bits per heavy atom. The van der Waals surface area contributed by atoms with Gasteiger partial charge in [-0.05, 0) is 62.9 Å². The summed E-state index contributed by atoms with van der Waals surface area (Å²) in [6, 6.07) is 4.38. The van der Waals surface area contributed by atoms with Crippen LogP contribution in [0.5, 0.6) is 0 Å². The van der Waals surface area contributed by atoms with Gasteiger partial charge in [-0.15, -0.1) is 0 Å². The van der Waals surface area contributed by atoms with E-state index in [-0.39, 0.29) is 29.9 Å². The van der Waals surface area contributed by atoms with Gasteiger partial charge in [0.15, 0.2) is 0 Å². The van der Waals surface area contributed by atoms with Crippen molar-refractivity contribution in [2.75, 3.05) is 11.9 Å². The number of carbonyl (C=O) groups is 3. The number of carbonyl (C=O) groups excluding carboxylic acids is 3. The molecule has 0 atom stereocenters. The van der Waals surface area contributed by atoms with Crippen LogP contribution in [0.2, 0.25) is 0 Å². The Labute approximate surface area is 181 Å². The van der Waals surface area contributed by atoms with E-state index < -0.39 is 11.8 Å². The average Bonchev–Trinajstić information content (AvgIpc) is 3.01. The predicted octanol–water partition coefficient (Wildman–Crippen LogP) is 4.83. The third kappa shape index (κ3) is 4.55. The second-order valence-corrected chi connectivity index (χ2v) is 8.10. The third-order valence-corrected chi connectivity index (χ3v) is 5.99. The maximum atomic E-state index is 13.6. The van der Waals surface area contributed by atoms with Crippen LogP contribution in [0.15, 0.2) is 18.2 Å². The highest BCUT2D eigenvalue weighted by Gasteiger charge is 2.34. The van der Waals surface area contributed by atoms with Gasteiger partial charge in [-0.3, -0.25) is 9.59 Å². The molecule has 1 aromatic heterocycles. The van der Waals surface area contributed by atoms with E-state index in [1.807, 2.05) is 0 Å². The van der Waals surface area contributed by atoms with Crippen LogP contribution in [0.25, 0.3) is 0 Å². The molecule has 1 heterocycles. The highest BCUT2D eigenvalue weighted by Crippen LogP contribution is 2.38. The van der Waals surface area contributed by atoms with Gasteiger partial charge >= 0.3 is 5.97 Å². The summed E-state index contributed by atoms with van der Waals surface area (Å²) in [5.41, 5.74) is 2.70. The molecule has 1 aliphatic rings. The molecule has 2 aromatic rings. The summed E-state index contributed by atoms with van der Waals surface area (Å²) in [5.74, 6) is -2.28. The van der Waals surface area contributed by atoms with Crippen molar-refractivity contribution in [3.63, 3.8) is 0 Å². The van der Waals surface area contributed by atoms with Gasteiger partial charge in [0.1, 0.15) is 11.5 Å². The number of ether oxygens (including phenoxy) is 1. The molecule has 6 nitrogen and oxygen atoms in total. The Kier molecular flexibility index (Phi) is 6.93. The first-order chi connectivity index (χ1) is 14.8. The number of aryl methyl sites for hydroxylation is 1. The van der Waals surface area contributed by atoms with Crippen molar-refractivity contribution in [2.24, 2.45) is 7.05 Å². The van der Waals surface area contributed by atoms with Gasteiger partial charge < -0.3 is 14.6 Å².